The fourth-order valence-corrected chi connectivity index (χ4v) is 3.90. The highest BCUT2D eigenvalue weighted by molar-refractivity contribution is 6.00. The molecule has 2 aromatic rings. The first-order valence-electron chi connectivity index (χ1n) is 9.82. The van der Waals surface area contributed by atoms with Crippen molar-refractivity contribution in [3.8, 4) is 0 Å². The second-order valence-corrected chi connectivity index (χ2v) is 7.68. The average Bonchev–Trinajstić information content (AvgIpc) is 2.71. The fourth-order valence-electron chi connectivity index (χ4n) is 3.90. The smallest absolute Gasteiger partial charge is 0.366 e. The number of halogens is 3. The summed E-state index contributed by atoms with van der Waals surface area (Å²) < 4.78 is 39.0. The third-order valence-electron chi connectivity index (χ3n) is 5.60. The molecular formula is C22H24F3N3O2. The van der Waals surface area contributed by atoms with Crippen LogP contribution in [0.3, 0.4) is 0 Å². The van der Waals surface area contributed by atoms with Crippen molar-refractivity contribution in [2.45, 2.75) is 44.7 Å². The van der Waals surface area contributed by atoms with Crippen molar-refractivity contribution in [2.75, 3.05) is 7.05 Å². The third kappa shape index (κ3) is 4.47. The molecule has 1 aliphatic rings. The summed E-state index contributed by atoms with van der Waals surface area (Å²) in [5, 5.41) is 3.22. The summed E-state index contributed by atoms with van der Waals surface area (Å²) in [4.78, 5) is 28.5. The van der Waals surface area contributed by atoms with Crippen LogP contribution in [0.1, 0.15) is 60.1 Å². The zero-order chi connectivity index (χ0) is 22.1. The van der Waals surface area contributed by atoms with Crippen LogP contribution in [0.25, 0.3) is 16.5 Å². The Hall–Kier alpha value is -2.90. The van der Waals surface area contributed by atoms with Crippen LogP contribution in [0.2, 0.25) is 0 Å². The van der Waals surface area contributed by atoms with Crippen LogP contribution in [-0.4, -0.2) is 30.0 Å². The topological polar surface area (TPSA) is 85.1 Å². The van der Waals surface area contributed by atoms with Crippen molar-refractivity contribution in [1.82, 2.24) is 10.3 Å². The van der Waals surface area contributed by atoms with Gasteiger partial charge in [0.05, 0.1) is 22.7 Å². The molecule has 0 bridgehead atoms. The predicted octanol–water partition coefficient (Wildman–Crippen LogP) is 4.32. The second-order valence-electron chi connectivity index (χ2n) is 7.68. The normalized spacial score (nSPS) is 18.0. The summed E-state index contributed by atoms with van der Waals surface area (Å²) in [5.41, 5.74) is 8.35. The summed E-state index contributed by atoms with van der Waals surface area (Å²) in [5.74, 6) is -2.52. The molecule has 0 saturated heterocycles. The molecule has 1 aliphatic carbocycles. The molecule has 160 valence electrons. The number of fused-ring (bicyclic) bond motifs is 1. The highest BCUT2D eigenvalue weighted by Crippen LogP contribution is 2.40. The molecule has 3 rings (SSSR count). The lowest BCUT2D eigenvalue weighted by Gasteiger charge is -2.25. The molecule has 30 heavy (non-hydrogen) atoms. The fraction of sp³-hybridized carbons (Fsp3) is 0.409. The van der Waals surface area contributed by atoms with Crippen LogP contribution in [0.15, 0.2) is 30.3 Å². The van der Waals surface area contributed by atoms with Gasteiger partial charge in [-0.15, -0.1) is 0 Å². The number of alkyl halides is 3. The van der Waals surface area contributed by atoms with Crippen LogP contribution >= 0.6 is 0 Å². The van der Waals surface area contributed by atoms with Gasteiger partial charge in [0.2, 0.25) is 5.91 Å². The third-order valence-corrected chi connectivity index (χ3v) is 5.60. The van der Waals surface area contributed by atoms with Gasteiger partial charge in [-0.3, -0.25) is 14.6 Å². The van der Waals surface area contributed by atoms with Gasteiger partial charge in [0.15, 0.2) is 0 Å². The van der Waals surface area contributed by atoms with E-state index in [0.29, 0.717) is 23.0 Å². The SMILES string of the molecule is CNC(=O)C[C@@H](C)c1nc2c(C3=CCC(C(F)(F)F)CC3)cccc2cc1C(N)=O. The number of hydrogen-bond acceptors (Lipinski definition) is 3. The lowest BCUT2D eigenvalue weighted by atomic mass is 9.85. The number of nitrogens with zero attached hydrogens (tertiary/aromatic N) is 1. The first kappa shape index (κ1) is 21.8. The molecule has 0 aliphatic heterocycles. The van der Waals surface area contributed by atoms with Crippen LogP contribution in [-0.2, 0) is 4.79 Å². The lowest BCUT2D eigenvalue weighted by Crippen LogP contribution is -2.24. The first-order chi connectivity index (χ1) is 14.1. The first-order valence-corrected chi connectivity index (χ1v) is 9.82. The Morgan fingerprint density at radius 2 is 2.07 bits per heavy atom. The van der Waals surface area contributed by atoms with E-state index < -0.39 is 18.0 Å². The van der Waals surface area contributed by atoms with Gasteiger partial charge in [0.1, 0.15) is 0 Å². The van der Waals surface area contributed by atoms with Crippen LogP contribution < -0.4 is 11.1 Å². The highest BCUT2D eigenvalue weighted by Gasteiger charge is 2.39. The zero-order valence-electron chi connectivity index (χ0n) is 16.8. The molecule has 0 radical (unpaired) electrons. The van der Waals surface area contributed by atoms with Gasteiger partial charge >= 0.3 is 6.18 Å². The van der Waals surface area contributed by atoms with Gasteiger partial charge in [-0.25, -0.2) is 0 Å². The van der Waals surface area contributed by atoms with E-state index in [9.17, 15) is 22.8 Å². The maximum Gasteiger partial charge on any atom is 0.392 e. The Labute approximate surface area is 172 Å². The number of para-hydroxylation sites is 1. The Morgan fingerprint density at radius 1 is 1.33 bits per heavy atom. The quantitative estimate of drug-likeness (QED) is 0.757. The number of carbonyl (C=O) groups excluding carboxylic acids is 2. The highest BCUT2D eigenvalue weighted by atomic mass is 19.4. The molecule has 0 spiro atoms. The van der Waals surface area contributed by atoms with E-state index in [-0.39, 0.29) is 36.7 Å². The molecule has 1 aromatic carbocycles. The number of nitrogens with one attached hydrogen (secondary N) is 1. The number of benzene rings is 1. The molecule has 2 atom stereocenters. The minimum Gasteiger partial charge on any atom is -0.366 e. The molecule has 3 N–H and O–H groups in total. The number of aromatic nitrogens is 1. The van der Waals surface area contributed by atoms with Crippen molar-refractivity contribution in [3.63, 3.8) is 0 Å². The van der Waals surface area contributed by atoms with E-state index in [0.717, 1.165) is 11.1 Å². The van der Waals surface area contributed by atoms with Crippen LogP contribution in [0, 0.1) is 5.92 Å². The van der Waals surface area contributed by atoms with E-state index in [4.69, 9.17) is 5.73 Å². The molecule has 1 unspecified atom stereocenters. The van der Waals surface area contributed by atoms with Crippen molar-refractivity contribution >= 4 is 28.3 Å². The number of rotatable bonds is 5. The van der Waals surface area contributed by atoms with Gasteiger partial charge in [0.25, 0.3) is 5.91 Å². The van der Waals surface area contributed by atoms with Crippen molar-refractivity contribution in [1.29, 1.82) is 0 Å². The molecule has 1 aromatic heterocycles. The number of carbonyl (C=O) groups is 2. The minimum absolute atomic E-state index is 0.0328. The molecule has 2 amide bonds. The number of pyridine rings is 1. The monoisotopic (exact) mass is 419 g/mol. The maximum atomic E-state index is 13.0. The molecular weight excluding hydrogens is 395 g/mol. The molecule has 0 fully saturated rings. The summed E-state index contributed by atoms with van der Waals surface area (Å²) >= 11 is 0. The van der Waals surface area contributed by atoms with Gasteiger partial charge in [-0.05, 0) is 30.9 Å². The number of primary amides is 1. The maximum absolute atomic E-state index is 13.0. The van der Waals surface area contributed by atoms with Gasteiger partial charge in [0, 0.05) is 30.3 Å². The number of allylic oxidation sites excluding steroid dienone is 2. The van der Waals surface area contributed by atoms with Gasteiger partial charge in [-0.2, -0.15) is 13.2 Å². The largest absolute Gasteiger partial charge is 0.392 e. The van der Waals surface area contributed by atoms with Crippen LogP contribution in [0.5, 0.6) is 0 Å². The Morgan fingerprint density at radius 3 is 2.63 bits per heavy atom. The summed E-state index contributed by atoms with van der Waals surface area (Å²) in [6.07, 6.45) is -2.16. The zero-order valence-corrected chi connectivity index (χ0v) is 16.8. The van der Waals surface area contributed by atoms with E-state index in [1.807, 2.05) is 6.07 Å². The molecule has 5 nitrogen and oxygen atoms in total. The summed E-state index contributed by atoms with van der Waals surface area (Å²) in [7, 11) is 1.53. The predicted molar refractivity (Wildman–Crippen MR) is 109 cm³/mol. The van der Waals surface area contributed by atoms with Crippen molar-refractivity contribution in [2.24, 2.45) is 11.7 Å². The van der Waals surface area contributed by atoms with E-state index >= 15 is 0 Å². The summed E-state index contributed by atoms with van der Waals surface area (Å²) in [6.45, 7) is 1.78. The summed E-state index contributed by atoms with van der Waals surface area (Å²) in [6, 6.07) is 7.04. The van der Waals surface area contributed by atoms with Crippen LogP contribution in [0.4, 0.5) is 13.2 Å². The second kappa shape index (κ2) is 8.45. The molecule has 0 saturated carbocycles. The van der Waals surface area contributed by atoms with Gasteiger partial charge < -0.3 is 11.1 Å². The number of nitrogens with two attached hydrogens (primary N) is 1. The van der Waals surface area contributed by atoms with Crippen molar-refractivity contribution in [3.05, 3.63) is 47.2 Å². The van der Waals surface area contributed by atoms with Crippen molar-refractivity contribution < 1.29 is 22.8 Å². The average molecular weight is 419 g/mol. The lowest BCUT2D eigenvalue weighted by molar-refractivity contribution is -0.175. The van der Waals surface area contributed by atoms with Gasteiger partial charge in [-0.1, -0.05) is 31.2 Å². The standard InChI is InChI=1S/C22H24F3N3O2/c1-12(10-18(29)27-2)19-17(21(26)30)11-14-4-3-5-16(20(14)28-19)13-6-8-15(9-7-13)22(23,24)25/h3-6,11-12,15H,7-10H2,1-2H3,(H2,26,30)(H,27,29)/t12-,15?/m1/s1. The Bertz CT molecular complexity index is 1010. The minimum atomic E-state index is -4.20. The molecule has 1 heterocycles. The number of hydrogen-bond donors (Lipinski definition) is 2. The Kier molecular flexibility index (Phi) is 6.14. The number of amides is 2. The van der Waals surface area contributed by atoms with E-state index in [2.05, 4.69) is 10.3 Å². The Balaban J connectivity index is 2.07. The molecule has 8 heteroatoms. The van der Waals surface area contributed by atoms with E-state index in [1.54, 1.807) is 31.2 Å². The van der Waals surface area contributed by atoms with E-state index in [1.165, 1.54) is 7.05 Å².